The molecule has 116 valence electrons. The Hall–Kier alpha value is -1.07. The summed E-state index contributed by atoms with van der Waals surface area (Å²) in [5, 5.41) is 0. The number of halogens is 3. The molecule has 1 saturated carbocycles. The van der Waals surface area contributed by atoms with Crippen LogP contribution in [0.3, 0.4) is 0 Å². The maximum Gasteiger partial charge on any atom is 0.416 e. The summed E-state index contributed by atoms with van der Waals surface area (Å²) >= 11 is 0. The molecule has 0 amide bonds. The van der Waals surface area contributed by atoms with E-state index >= 15 is 0 Å². The van der Waals surface area contributed by atoms with Crippen molar-refractivity contribution >= 4 is 0 Å². The van der Waals surface area contributed by atoms with Crippen molar-refractivity contribution in [2.24, 2.45) is 11.8 Å². The minimum absolute atomic E-state index is 0.416. The number of methoxy groups -OCH3 is 1. The lowest BCUT2D eigenvalue weighted by Gasteiger charge is -2.30. The van der Waals surface area contributed by atoms with E-state index < -0.39 is 17.3 Å². The molecular weight excluding hydrogens is 279 g/mol. The molecule has 1 aliphatic heterocycles. The Kier molecular flexibility index (Phi) is 3.53. The first-order valence-corrected chi connectivity index (χ1v) is 7.25. The minimum Gasteiger partial charge on any atom is -0.374 e. The fraction of sp³-hybridized carbons (Fsp3) is 0.625. The van der Waals surface area contributed by atoms with Gasteiger partial charge in [-0.1, -0.05) is 12.1 Å². The standard InChI is InChI=1S/C16H20F3NO/c1-20-9-11-7-15(21-2,8-12(11)10-20)13-3-5-14(6-4-13)16(17,18)19/h3-6,11-12H,7-10H2,1-2H3. The second kappa shape index (κ2) is 4.99. The minimum atomic E-state index is -4.28. The number of fused-ring (bicyclic) bond motifs is 1. The zero-order chi connectivity index (χ0) is 15.3. The number of rotatable bonds is 2. The third kappa shape index (κ3) is 2.57. The number of hydrogen-bond acceptors (Lipinski definition) is 2. The lowest BCUT2D eigenvalue weighted by molar-refractivity contribution is -0.137. The molecule has 2 fully saturated rings. The summed E-state index contributed by atoms with van der Waals surface area (Å²) in [6.07, 6.45) is -2.50. The van der Waals surface area contributed by atoms with Crippen LogP contribution in [0.15, 0.2) is 24.3 Å². The Labute approximate surface area is 122 Å². The van der Waals surface area contributed by atoms with Crippen molar-refractivity contribution in [2.75, 3.05) is 27.2 Å². The van der Waals surface area contributed by atoms with Crippen molar-refractivity contribution in [3.05, 3.63) is 35.4 Å². The molecule has 1 aromatic carbocycles. The Morgan fingerprint density at radius 2 is 1.62 bits per heavy atom. The summed E-state index contributed by atoms with van der Waals surface area (Å²) in [7, 11) is 3.79. The molecule has 0 bridgehead atoms. The van der Waals surface area contributed by atoms with Gasteiger partial charge in [0, 0.05) is 20.2 Å². The fourth-order valence-electron chi connectivity index (χ4n) is 4.05. The van der Waals surface area contributed by atoms with E-state index in [1.165, 1.54) is 0 Å². The van der Waals surface area contributed by atoms with E-state index in [-0.39, 0.29) is 0 Å². The van der Waals surface area contributed by atoms with E-state index in [1.54, 1.807) is 19.2 Å². The Morgan fingerprint density at radius 3 is 2.05 bits per heavy atom. The predicted octanol–water partition coefficient (Wildman–Crippen LogP) is 3.52. The van der Waals surface area contributed by atoms with Gasteiger partial charge in [-0.25, -0.2) is 0 Å². The van der Waals surface area contributed by atoms with Crippen molar-refractivity contribution in [1.29, 1.82) is 0 Å². The van der Waals surface area contributed by atoms with Crippen LogP contribution >= 0.6 is 0 Å². The van der Waals surface area contributed by atoms with Crippen molar-refractivity contribution in [3.63, 3.8) is 0 Å². The third-order valence-corrected chi connectivity index (χ3v) is 5.07. The maximum atomic E-state index is 12.7. The normalized spacial score (nSPS) is 33.4. The number of benzene rings is 1. The third-order valence-electron chi connectivity index (χ3n) is 5.07. The molecular formula is C16H20F3NO. The summed E-state index contributed by atoms with van der Waals surface area (Å²) < 4.78 is 43.8. The monoisotopic (exact) mass is 299 g/mol. The van der Waals surface area contributed by atoms with Gasteiger partial charge in [0.15, 0.2) is 0 Å². The van der Waals surface area contributed by atoms with Crippen LogP contribution in [0.2, 0.25) is 0 Å². The molecule has 2 atom stereocenters. The molecule has 5 heteroatoms. The van der Waals surface area contributed by atoms with Crippen LogP contribution in [0, 0.1) is 11.8 Å². The van der Waals surface area contributed by atoms with E-state index in [4.69, 9.17) is 4.74 Å². The molecule has 1 heterocycles. The van der Waals surface area contributed by atoms with Crippen LogP contribution in [-0.4, -0.2) is 32.1 Å². The molecule has 0 spiro atoms. The van der Waals surface area contributed by atoms with Crippen LogP contribution in [0.25, 0.3) is 0 Å². The molecule has 3 rings (SSSR count). The summed E-state index contributed by atoms with van der Waals surface area (Å²) in [6.45, 7) is 2.10. The van der Waals surface area contributed by atoms with Gasteiger partial charge in [-0.2, -0.15) is 13.2 Å². The predicted molar refractivity (Wildman–Crippen MR) is 73.8 cm³/mol. The van der Waals surface area contributed by atoms with Crippen LogP contribution in [0.4, 0.5) is 13.2 Å². The smallest absolute Gasteiger partial charge is 0.374 e. The van der Waals surface area contributed by atoms with Crippen LogP contribution < -0.4 is 0 Å². The highest BCUT2D eigenvalue weighted by atomic mass is 19.4. The van der Waals surface area contributed by atoms with Crippen molar-refractivity contribution in [1.82, 2.24) is 4.90 Å². The van der Waals surface area contributed by atoms with E-state index in [9.17, 15) is 13.2 Å². The van der Waals surface area contributed by atoms with E-state index in [0.29, 0.717) is 11.8 Å². The number of likely N-dealkylation sites (tertiary alicyclic amines) is 1. The molecule has 21 heavy (non-hydrogen) atoms. The van der Waals surface area contributed by atoms with Crippen molar-refractivity contribution in [3.8, 4) is 0 Å². The lowest BCUT2D eigenvalue weighted by atomic mass is 9.89. The highest BCUT2D eigenvalue weighted by Gasteiger charge is 2.49. The topological polar surface area (TPSA) is 12.5 Å². The number of alkyl halides is 3. The van der Waals surface area contributed by atoms with Crippen molar-refractivity contribution < 1.29 is 17.9 Å². The van der Waals surface area contributed by atoms with E-state index in [2.05, 4.69) is 11.9 Å². The Morgan fingerprint density at radius 1 is 1.10 bits per heavy atom. The first-order chi connectivity index (χ1) is 9.84. The summed E-state index contributed by atoms with van der Waals surface area (Å²) in [4.78, 5) is 2.32. The first-order valence-electron chi connectivity index (χ1n) is 7.25. The highest BCUT2D eigenvalue weighted by Crippen LogP contribution is 2.50. The van der Waals surface area contributed by atoms with Gasteiger partial charge in [0.25, 0.3) is 0 Å². The summed E-state index contributed by atoms with van der Waals surface area (Å²) in [6, 6.07) is 5.49. The highest BCUT2D eigenvalue weighted by molar-refractivity contribution is 5.30. The van der Waals surface area contributed by atoms with Gasteiger partial charge < -0.3 is 9.64 Å². The molecule has 0 radical (unpaired) electrons. The summed E-state index contributed by atoms with van der Waals surface area (Å²) in [5.74, 6) is 1.16. The molecule has 1 saturated heterocycles. The second-order valence-electron chi connectivity index (χ2n) is 6.42. The first kappa shape index (κ1) is 14.9. The van der Waals surface area contributed by atoms with Gasteiger partial charge in [-0.15, -0.1) is 0 Å². The number of nitrogens with zero attached hydrogens (tertiary/aromatic N) is 1. The van der Waals surface area contributed by atoms with E-state index in [1.807, 2.05) is 0 Å². The molecule has 0 aromatic heterocycles. The Balaban J connectivity index is 1.85. The van der Waals surface area contributed by atoms with Gasteiger partial charge in [-0.05, 0) is 49.4 Å². The van der Waals surface area contributed by atoms with Crippen LogP contribution in [-0.2, 0) is 16.5 Å². The second-order valence-corrected chi connectivity index (χ2v) is 6.42. The zero-order valence-corrected chi connectivity index (χ0v) is 12.3. The molecule has 2 nitrogen and oxygen atoms in total. The largest absolute Gasteiger partial charge is 0.416 e. The molecule has 2 aliphatic rings. The zero-order valence-electron chi connectivity index (χ0n) is 12.3. The van der Waals surface area contributed by atoms with Gasteiger partial charge in [0.2, 0.25) is 0 Å². The van der Waals surface area contributed by atoms with Gasteiger partial charge in [-0.3, -0.25) is 0 Å². The quantitative estimate of drug-likeness (QED) is 0.828. The van der Waals surface area contributed by atoms with Crippen molar-refractivity contribution in [2.45, 2.75) is 24.6 Å². The van der Waals surface area contributed by atoms with Crippen LogP contribution in [0.1, 0.15) is 24.0 Å². The van der Waals surface area contributed by atoms with Gasteiger partial charge in [0.1, 0.15) is 0 Å². The van der Waals surface area contributed by atoms with Crippen LogP contribution in [0.5, 0.6) is 0 Å². The van der Waals surface area contributed by atoms with Gasteiger partial charge >= 0.3 is 6.18 Å². The maximum absolute atomic E-state index is 12.7. The number of ether oxygens (including phenoxy) is 1. The lowest BCUT2D eigenvalue weighted by Crippen LogP contribution is -2.28. The molecule has 1 aromatic rings. The average molecular weight is 299 g/mol. The summed E-state index contributed by atoms with van der Waals surface area (Å²) in [5.41, 5.74) is -0.147. The van der Waals surface area contributed by atoms with Gasteiger partial charge in [0.05, 0.1) is 11.2 Å². The molecule has 1 aliphatic carbocycles. The molecule has 0 N–H and O–H groups in total. The van der Waals surface area contributed by atoms with E-state index in [0.717, 1.165) is 43.6 Å². The Bertz CT molecular complexity index is 497. The average Bonchev–Trinajstić information content (AvgIpc) is 2.92. The SMILES string of the molecule is COC1(c2ccc(C(F)(F)F)cc2)CC2CN(C)CC2C1. The fourth-order valence-corrected chi connectivity index (χ4v) is 4.05. The molecule has 2 unspecified atom stereocenters. The number of hydrogen-bond donors (Lipinski definition) is 0.